The molecule has 16 atom stereocenters. The van der Waals surface area contributed by atoms with Crippen LogP contribution >= 0.6 is 0 Å². The number of benzene rings is 1. The number of hydrogen-bond acceptors (Lipinski definition) is 29. The van der Waals surface area contributed by atoms with Gasteiger partial charge in [-0.05, 0) is 157 Å². The number of phenols is 1. The Balaban J connectivity index is 0.626. The molecule has 1 aliphatic carbocycles. The number of H-pyrrole nitrogens is 1. The summed E-state index contributed by atoms with van der Waals surface area (Å²) < 4.78 is 80.0. The quantitative estimate of drug-likeness (QED) is 0.00913. The van der Waals surface area contributed by atoms with Gasteiger partial charge in [0.1, 0.15) is 66.0 Å². The number of aliphatic hydroxyl groups is 2. The molecule has 4 aliphatic rings. The number of ether oxygens (including phenoxy) is 13. The molecule has 7 heterocycles. The molecule has 9 rings (SSSR count). The number of allylic oxidation sites excluding steroid dienone is 5. The van der Waals surface area contributed by atoms with Crippen molar-refractivity contribution in [3.05, 3.63) is 90.1 Å². The third kappa shape index (κ3) is 31.3. The molecule has 0 spiro atoms. The van der Waals surface area contributed by atoms with Crippen molar-refractivity contribution in [1.82, 2.24) is 49.9 Å². The molecule has 1 saturated carbocycles. The second kappa shape index (κ2) is 53.6. The number of aromatic hydroxyl groups is 1. The van der Waals surface area contributed by atoms with E-state index in [4.69, 9.17) is 72.4 Å². The lowest BCUT2D eigenvalue weighted by Crippen LogP contribution is -2.61. The maximum atomic E-state index is 15.0. The molecule has 0 radical (unpaired) electrons. The highest BCUT2D eigenvalue weighted by atomic mass is 16.6. The van der Waals surface area contributed by atoms with Gasteiger partial charge in [0, 0.05) is 121 Å². The Bertz CT molecular complexity index is 4430. The van der Waals surface area contributed by atoms with Gasteiger partial charge in [-0.2, -0.15) is 5.10 Å². The van der Waals surface area contributed by atoms with E-state index >= 15 is 4.79 Å². The number of nitrogens with one attached hydrogen (secondary N) is 2. The number of aromatic amines is 1. The standard InChI is InChI=1S/C94H141N11O23/c1-12-125-79-57-80(127-93(114)77-25-18-20-36-103(77)92(113)89(112)94(115)67(8)27-30-73(128-94)56-78(116-9)62(3)23-16-13-15-22-61(2)50-65(6)86(110)88(118-11)87(111)66(7)51-63(79)4)64(5)52-68-28-32-76(81(53-68)117-10)105-58-70(100-102-105)59-126-83(109)26-21-38-119-42-46-123-48-44-121-40-34-82(108)96-35-41-122-45-49-124-47-43-120-39-33-71(106)24-17-14-19-37-104-91-84(90(95)97-60-98-91)85(101-104)75-55-69-54-72(107)29-31-74(69)99-75/h13,15-16,22-23,29,31,51,54-55,58,60-61,63-65,67-68,73,76-81,87-88,99,107,111,115H,12,14,17-21,24-28,30,32-50,52-53,56-57,59H2,1-11H3,(H,96,108)(H2,95,97,98)/b16-13+,22-15+,62-23+,66-51+/t61-,63-,64-,65-,67-,68+,73+,76+,77+,78+,79-,80+,81-,87-,88+,94-/m1/s1. The van der Waals surface area contributed by atoms with E-state index in [1.54, 1.807) is 57.1 Å². The average Bonchev–Trinajstić information content (AvgIpc) is 1.53. The van der Waals surface area contributed by atoms with E-state index in [9.17, 15) is 44.1 Å². The Morgan fingerprint density at radius 2 is 1.48 bits per heavy atom. The minimum absolute atomic E-state index is 0.00729. The number of phenolic OH excluding ortho intramolecular Hbond substituents is 1. The Morgan fingerprint density at radius 3 is 2.20 bits per heavy atom. The Hall–Kier alpha value is -8.62. The van der Waals surface area contributed by atoms with Crippen LogP contribution in [-0.2, 0) is 108 Å². The number of carbonyl (C=O) groups excluding carboxylic acids is 7. The molecule has 0 unspecified atom stereocenters. The normalized spacial score (nSPS) is 26.9. The Morgan fingerprint density at radius 1 is 0.750 bits per heavy atom. The molecule has 1 aromatic carbocycles. The molecule has 3 aliphatic heterocycles. The molecule has 5 aromatic rings. The maximum Gasteiger partial charge on any atom is 0.329 e. The Kier molecular flexibility index (Phi) is 43.2. The van der Waals surface area contributed by atoms with E-state index in [1.807, 2.05) is 88.7 Å². The zero-order valence-corrected chi connectivity index (χ0v) is 76.9. The van der Waals surface area contributed by atoms with Gasteiger partial charge < -0.3 is 97.8 Å². The topological polar surface area (TPSA) is 432 Å². The van der Waals surface area contributed by atoms with Crippen LogP contribution in [0.1, 0.15) is 196 Å². The largest absolute Gasteiger partial charge is 0.508 e. The monoisotopic (exact) mass is 1790 g/mol. The van der Waals surface area contributed by atoms with E-state index in [-0.39, 0.29) is 104 Å². The van der Waals surface area contributed by atoms with Crippen molar-refractivity contribution in [1.29, 1.82) is 0 Å². The number of rotatable bonds is 43. The van der Waals surface area contributed by atoms with Crippen LogP contribution in [0.5, 0.6) is 5.75 Å². The summed E-state index contributed by atoms with van der Waals surface area (Å²) in [6.45, 7) is 20.3. The molecule has 2 amide bonds. The van der Waals surface area contributed by atoms with Gasteiger partial charge in [0.15, 0.2) is 11.4 Å². The van der Waals surface area contributed by atoms with Crippen molar-refractivity contribution in [3.63, 3.8) is 0 Å². The summed E-state index contributed by atoms with van der Waals surface area (Å²) in [5, 5.41) is 52.0. The number of amides is 2. The van der Waals surface area contributed by atoms with Crippen LogP contribution in [0.3, 0.4) is 0 Å². The van der Waals surface area contributed by atoms with E-state index < -0.39 is 83.9 Å². The van der Waals surface area contributed by atoms with E-state index in [2.05, 4.69) is 30.6 Å². The van der Waals surface area contributed by atoms with E-state index in [1.165, 1.54) is 18.3 Å². The van der Waals surface area contributed by atoms with Crippen LogP contribution in [0.4, 0.5) is 5.82 Å². The highest BCUT2D eigenvalue weighted by Gasteiger charge is 2.53. The molecule has 2 saturated heterocycles. The molecular weight excluding hydrogens is 1650 g/mol. The number of unbranched alkanes of at least 4 members (excludes halogenated alkanes) is 2. The minimum atomic E-state index is -2.46. The van der Waals surface area contributed by atoms with Gasteiger partial charge in [0.05, 0.1) is 120 Å². The van der Waals surface area contributed by atoms with Gasteiger partial charge in [-0.3, -0.25) is 28.8 Å². The van der Waals surface area contributed by atoms with Crippen LogP contribution in [0.2, 0.25) is 0 Å². The Labute approximate surface area is 752 Å². The fourth-order valence-electron chi connectivity index (χ4n) is 17.4. The van der Waals surface area contributed by atoms with Crippen LogP contribution in [0, 0.1) is 35.5 Å². The fraction of sp³-hybridized carbons (Fsp3) is 0.681. The van der Waals surface area contributed by atoms with Crippen molar-refractivity contribution in [2.45, 2.75) is 258 Å². The lowest BCUT2D eigenvalue weighted by molar-refractivity contribution is -0.265. The molecule has 34 heteroatoms. The first-order valence-corrected chi connectivity index (χ1v) is 45.9. The van der Waals surface area contributed by atoms with Crippen molar-refractivity contribution >= 4 is 68.9 Å². The number of methoxy groups -OCH3 is 3. The van der Waals surface area contributed by atoms with Gasteiger partial charge in [-0.1, -0.05) is 82.7 Å². The summed E-state index contributed by atoms with van der Waals surface area (Å²) in [6, 6.07) is 5.69. The van der Waals surface area contributed by atoms with E-state index in [0.29, 0.717) is 203 Å². The van der Waals surface area contributed by atoms with Crippen LogP contribution in [-0.4, -0.2) is 276 Å². The molecule has 710 valence electrons. The number of ketones is 3. The molecule has 128 heavy (non-hydrogen) atoms. The number of aliphatic hydroxyl groups excluding tert-OH is 1. The summed E-state index contributed by atoms with van der Waals surface area (Å²) in [5.41, 5.74) is 11.0. The molecule has 7 N–H and O–H groups in total. The van der Waals surface area contributed by atoms with Crippen molar-refractivity contribution < 1.29 is 110 Å². The fourth-order valence-corrected chi connectivity index (χ4v) is 17.4. The third-order valence-electron chi connectivity index (χ3n) is 24.8. The van der Waals surface area contributed by atoms with Gasteiger partial charge in [-0.15, -0.1) is 5.10 Å². The zero-order chi connectivity index (χ0) is 92.1. The number of aromatic nitrogens is 8. The highest BCUT2D eigenvalue weighted by molar-refractivity contribution is 6.39. The number of hydrogen-bond donors (Lipinski definition) is 6. The number of cyclic esters (lactones) is 1. The number of carbonyl (C=O) groups is 7. The lowest BCUT2D eigenvalue weighted by Gasteiger charge is -2.43. The summed E-state index contributed by atoms with van der Waals surface area (Å²) in [4.78, 5) is 109. The SMILES string of the molecule is CCO[C@@H]1C[C@@H]([C@H](C)C[C@@H]2CC[C@H](n3cc(COC(=O)CCCOCCOCCOCCC(=O)NCCOCCOCCOCCC(=O)CCCCCn4nc(-c5cc6cc(O)ccc6[nH]5)c5c(N)ncnc54)nn3)[C@H](OC)C2)OC(=O)[C@@H]2CCCCN2C(=O)C(=O)[C@]2(O)O[C@@H](CC[C@H]2C)C[C@H](OC)/C(C)=C/C=C/C=C/[C@@H](C)C[C@@H](C)C(=O)[C@H](OC)[C@H](O)/C(C)=C/[C@H]1C. The third-order valence-corrected chi connectivity index (χ3v) is 24.8. The van der Waals surface area contributed by atoms with Gasteiger partial charge >= 0.3 is 11.9 Å². The predicted molar refractivity (Wildman–Crippen MR) is 477 cm³/mol. The van der Waals surface area contributed by atoms with E-state index in [0.717, 1.165) is 47.9 Å². The molecule has 34 nitrogen and oxygen atoms in total. The molecular formula is C94H141N11O23. The first-order valence-electron chi connectivity index (χ1n) is 45.9. The van der Waals surface area contributed by atoms with Crippen molar-refractivity contribution in [2.24, 2.45) is 35.5 Å². The zero-order valence-electron chi connectivity index (χ0n) is 76.9. The summed E-state index contributed by atoms with van der Waals surface area (Å²) in [7, 11) is 4.67. The number of esters is 2. The number of piperidine rings is 1. The molecule has 4 aromatic heterocycles. The van der Waals surface area contributed by atoms with Gasteiger partial charge in [-0.25, -0.2) is 24.1 Å². The second-order valence-electron chi connectivity index (χ2n) is 34.5. The summed E-state index contributed by atoms with van der Waals surface area (Å²) >= 11 is 0. The number of nitrogens with zero attached hydrogens (tertiary/aromatic N) is 8. The summed E-state index contributed by atoms with van der Waals surface area (Å²) in [5.74, 6) is -7.17. The number of nitrogen functional groups attached to an aromatic ring is 1. The lowest BCUT2D eigenvalue weighted by atomic mass is 9.77. The summed E-state index contributed by atoms with van der Waals surface area (Å²) in [6.07, 6.45) is 19.4. The predicted octanol–water partition coefficient (Wildman–Crippen LogP) is 10.7. The maximum absolute atomic E-state index is 15.0. The number of Topliss-reactive ketones (excluding diaryl/α,β-unsaturated/α-hetero) is 3. The number of anilines is 1. The first-order chi connectivity index (χ1) is 61.7. The van der Waals surface area contributed by atoms with Crippen LogP contribution < -0.4 is 11.1 Å². The number of nitrogens with two attached hydrogens (primary N) is 1. The number of aryl methyl sites for hydroxylation is 1. The van der Waals surface area contributed by atoms with Crippen molar-refractivity contribution in [3.8, 4) is 17.1 Å². The minimum Gasteiger partial charge on any atom is -0.508 e. The molecule has 2 bridgehead atoms. The van der Waals surface area contributed by atoms with Crippen LogP contribution in [0.15, 0.2) is 84.4 Å². The van der Waals surface area contributed by atoms with Gasteiger partial charge in [0.25, 0.3) is 11.7 Å². The highest BCUT2D eigenvalue weighted by Crippen LogP contribution is 2.41. The van der Waals surface area contributed by atoms with Crippen LogP contribution in [0.25, 0.3) is 33.3 Å². The smallest absolute Gasteiger partial charge is 0.329 e. The number of fused-ring (bicyclic) bond motifs is 5. The van der Waals surface area contributed by atoms with Gasteiger partial charge in [0.2, 0.25) is 11.7 Å². The molecule has 3 fully saturated rings. The average molecular weight is 1790 g/mol. The second-order valence-corrected chi connectivity index (χ2v) is 34.5. The van der Waals surface area contributed by atoms with Crippen molar-refractivity contribution in [2.75, 3.05) is 126 Å². The first kappa shape index (κ1) is 103.